The molecule has 1 saturated carbocycles. The van der Waals surface area contributed by atoms with E-state index in [9.17, 15) is 9.59 Å². The maximum atomic E-state index is 12.5. The number of nitrogens with one attached hydrogen (secondary N) is 1. The third-order valence-corrected chi connectivity index (χ3v) is 6.61. The van der Waals surface area contributed by atoms with Gasteiger partial charge in [-0.3, -0.25) is 14.2 Å². The predicted molar refractivity (Wildman–Crippen MR) is 119 cm³/mol. The summed E-state index contributed by atoms with van der Waals surface area (Å²) >= 11 is 7.76. The normalized spacial score (nSPS) is 14.1. The van der Waals surface area contributed by atoms with Gasteiger partial charge < -0.3 is 10.4 Å². The van der Waals surface area contributed by atoms with Gasteiger partial charge >= 0.3 is 5.97 Å². The molecule has 1 aromatic heterocycles. The number of carbonyl (C=O) groups excluding carboxylic acids is 1. The summed E-state index contributed by atoms with van der Waals surface area (Å²) in [7, 11) is 0. The van der Waals surface area contributed by atoms with Crippen molar-refractivity contribution in [3.63, 3.8) is 0 Å². The topological polar surface area (TPSA) is 84.2 Å². The van der Waals surface area contributed by atoms with Crippen LogP contribution in [-0.2, 0) is 9.59 Å². The van der Waals surface area contributed by atoms with Crippen LogP contribution >= 0.6 is 23.4 Å². The van der Waals surface area contributed by atoms with Gasteiger partial charge in [-0.1, -0.05) is 53.7 Å². The molecule has 1 aliphatic rings. The zero-order valence-electron chi connectivity index (χ0n) is 16.7. The Bertz CT molecular complexity index is 1140. The molecule has 4 rings (SSSR count). The second-order valence-electron chi connectivity index (χ2n) is 7.88. The zero-order chi connectivity index (χ0) is 21.5. The highest BCUT2D eigenvalue weighted by Crippen LogP contribution is 2.45. The smallest absolute Gasteiger partial charge is 0.322 e. The molecule has 3 aromatic rings. The minimum Gasteiger partial charge on any atom is -0.480 e. The van der Waals surface area contributed by atoms with Gasteiger partial charge in [-0.15, -0.1) is 0 Å². The van der Waals surface area contributed by atoms with E-state index < -0.39 is 17.3 Å². The summed E-state index contributed by atoms with van der Waals surface area (Å²) in [5, 5.41) is 14.6. The van der Waals surface area contributed by atoms with Crippen LogP contribution in [0.2, 0.25) is 5.15 Å². The van der Waals surface area contributed by atoms with Gasteiger partial charge in [0.1, 0.15) is 11.7 Å². The minimum atomic E-state index is -1.09. The Kier molecular flexibility index (Phi) is 5.51. The van der Waals surface area contributed by atoms with Gasteiger partial charge in [0.15, 0.2) is 5.16 Å². The average molecular weight is 444 g/mol. The lowest BCUT2D eigenvalue weighted by Crippen LogP contribution is -2.42. The highest BCUT2D eigenvalue weighted by Gasteiger charge is 2.32. The van der Waals surface area contributed by atoms with Crippen LogP contribution in [0.15, 0.2) is 47.8 Å². The zero-order valence-corrected chi connectivity index (χ0v) is 18.3. The minimum absolute atomic E-state index is 0.380. The number of thioether (sulfide) groups is 1. The number of nitrogens with zero attached hydrogens (tertiary/aromatic N) is 2. The van der Waals surface area contributed by atoms with Crippen molar-refractivity contribution in [1.29, 1.82) is 0 Å². The van der Waals surface area contributed by atoms with Crippen molar-refractivity contribution >= 4 is 46.0 Å². The molecular weight excluding hydrogens is 422 g/mol. The summed E-state index contributed by atoms with van der Waals surface area (Å²) in [6, 6.07) is 12.5. The van der Waals surface area contributed by atoms with E-state index in [2.05, 4.69) is 34.6 Å². The second-order valence-corrected chi connectivity index (χ2v) is 9.86. The Morgan fingerprint density at radius 2 is 1.93 bits per heavy atom. The van der Waals surface area contributed by atoms with E-state index in [-0.39, 0.29) is 5.91 Å². The van der Waals surface area contributed by atoms with E-state index in [0.29, 0.717) is 16.2 Å². The summed E-state index contributed by atoms with van der Waals surface area (Å²) in [5.41, 5.74) is 2.26. The number of imidazole rings is 1. The number of hydrogen-bond acceptors (Lipinski definition) is 4. The molecule has 0 atom stereocenters. The standard InChI is InChI=1S/C22H22ClN3O3S/c1-22(2,20(29)24-12-19(27)28)30-21-25-11-18(23)26(21)17-10-9-14(13-7-8-13)15-5-3-4-6-16(15)17/h3-6,9-11,13H,7-8,12H2,1-2H3,(H,24,29)(H,27,28). The highest BCUT2D eigenvalue weighted by molar-refractivity contribution is 8.01. The van der Waals surface area contributed by atoms with Crippen LogP contribution in [0.25, 0.3) is 16.5 Å². The molecule has 30 heavy (non-hydrogen) atoms. The molecule has 0 bridgehead atoms. The van der Waals surface area contributed by atoms with Gasteiger partial charge in [0.2, 0.25) is 5.91 Å². The number of rotatable bonds is 7. The molecule has 0 aliphatic heterocycles. The monoisotopic (exact) mass is 443 g/mol. The maximum absolute atomic E-state index is 12.5. The lowest BCUT2D eigenvalue weighted by atomic mass is 9.99. The summed E-state index contributed by atoms with van der Waals surface area (Å²) in [4.78, 5) is 27.7. The van der Waals surface area contributed by atoms with Gasteiger partial charge in [0.25, 0.3) is 0 Å². The van der Waals surface area contributed by atoms with Crippen LogP contribution in [0.1, 0.15) is 38.2 Å². The number of hydrogen-bond donors (Lipinski definition) is 2. The van der Waals surface area contributed by atoms with Crippen molar-refractivity contribution in [1.82, 2.24) is 14.9 Å². The number of aromatic nitrogens is 2. The van der Waals surface area contributed by atoms with Crippen LogP contribution in [0.5, 0.6) is 0 Å². The Hall–Kier alpha value is -2.51. The second kappa shape index (κ2) is 7.96. The number of halogens is 1. The van der Waals surface area contributed by atoms with Crippen molar-refractivity contribution in [2.75, 3.05) is 6.54 Å². The summed E-state index contributed by atoms with van der Waals surface area (Å²) in [6.45, 7) is 3.04. The van der Waals surface area contributed by atoms with Crippen molar-refractivity contribution in [2.45, 2.75) is 42.5 Å². The average Bonchev–Trinajstić information content (AvgIpc) is 3.49. The maximum Gasteiger partial charge on any atom is 0.322 e. The fourth-order valence-corrected chi connectivity index (χ4v) is 4.79. The molecule has 0 saturated heterocycles. The van der Waals surface area contributed by atoms with Crippen molar-refractivity contribution in [2.24, 2.45) is 0 Å². The molecule has 1 fully saturated rings. The van der Waals surface area contributed by atoms with Crippen LogP contribution in [-0.4, -0.2) is 37.8 Å². The number of fused-ring (bicyclic) bond motifs is 1. The van der Waals surface area contributed by atoms with E-state index in [0.717, 1.165) is 11.1 Å². The molecule has 0 spiro atoms. The van der Waals surface area contributed by atoms with Crippen molar-refractivity contribution in [3.8, 4) is 5.69 Å². The first-order chi connectivity index (χ1) is 14.3. The molecule has 0 radical (unpaired) electrons. The van der Waals surface area contributed by atoms with Crippen LogP contribution in [0, 0.1) is 0 Å². The SMILES string of the molecule is CC(C)(Sc1ncc(Cl)n1-c1ccc(C2CC2)c2ccccc12)C(=O)NCC(=O)O. The highest BCUT2D eigenvalue weighted by atomic mass is 35.5. The summed E-state index contributed by atoms with van der Waals surface area (Å²) in [6.07, 6.45) is 4.00. The Morgan fingerprint density at radius 3 is 2.60 bits per heavy atom. The number of carboxylic acids is 1. The Morgan fingerprint density at radius 1 is 1.23 bits per heavy atom. The van der Waals surface area contributed by atoms with E-state index in [1.54, 1.807) is 20.0 Å². The molecule has 1 aliphatic carbocycles. The van der Waals surface area contributed by atoms with Crippen molar-refractivity contribution in [3.05, 3.63) is 53.3 Å². The van der Waals surface area contributed by atoms with E-state index >= 15 is 0 Å². The van der Waals surface area contributed by atoms with Gasteiger partial charge in [0, 0.05) is 5.39 Å². The third-order valence-electron chi connectivity index (χ3n) is 5.17. The lowest BCUT2D eigenvalue weighted by Gasteiger charge is -2.23. The first-order valence-electron chi connectivity index (χ1n) is 9.72. The van der Waals surface area contributed by atoms with E-state index in [1.807, 2.05) is 16.7 Å². The molecule has 8 heteroatoms. The lowest BCUT2D eigenvalue weighted by molar-refractivity contribution is -0.138. The third kappa shape index (κ3) is 4.04. The predicted octanol–water partition coefficient (Wildman–Crippen LogP) is 4.63. The van der Waals surface area contributed by atoms with Gasteiger partial charge in [-0.25, -0.2) is 4.98 Å². The number of carbonyl (C=O) groups is 2. The number of carboxylic acid groups (broad SMARTS) is 1. The molecule has 2 aromatic carbocycles. The Balaban J connectivity index is 1.72. The van der Waals surface area contributed by atoms with Crippen LogP contribution in [0.3, 0.4) is 0 Å². The fraction of sp³-hybridized carbons (Fsp3) is 0.318. The molecular formula is C22H22ClN3O3S. The van der Waals surface area contributed by atoms with E-state index in [4.69, 9.17) is 16.7 Å². The molecule has 1 amide bonds. The molecule has 2 N–H and O–H groups in total. The molecule has 1 heterocycles. The van der Waals surface area contributed by atoms with Gasteiger partial charge in [-0.2, -0.15) is 0 Å². The summed E-state index contributed by atoms with van der Waals surface area (Å²) in [5.74, 6) is -0.849. The van der Waals surface area contributed by atoms with Crippen molar-refractivity contribution < 1.29 is 14.7 Å². The first-order valence-corrected chi connectivity index (χ1v) is 10.9. The van der Waals surface area contributed by atoms with Crippen LogP contribution in [0.4, 0.5) is 0 Å². The number of amides is 1. The molecule has 156 valence electrons. The van der Waals surface area contributed by atoms with Gasteiger partial charge in [0.05, 0.1) is 16.6 Å². The number of benzene rings is 2. The Labute approximate surface area is 183 Å². The van der Waals surface area contributed by atoms with Gasteiger partial charge in [-0.05, 0) is 49.6 Å². The summed E-state index contributed by atoms with van der Waals surface area (Å²) < 4.78 is 0.906. The fourth-order valence-electron chi connectivity index (χ4n) is 3.50. The van der Waals surface area contributed by atoms with E-state index in [1.165, 1.54) is 35.6 Å². The molecule has 6 nitrogen and oxygen atoms in total. The van der Waals surface area contributed by atoms with Crippen LogP contribution < -0.4 is 5.32 Å². The largest absolute Gasteiger partial charge is 0.480 e. The number of aliphatic carboxylic acids is 1. The first kappa shape index (κ1) is 20.8. The quantitative estimate of drug-likeness (QED) is 0.520. The molecule has 0 unspecified atom stereocenters.